The number of aryl methyl sites for hydroxylation is 1. The van der Waals surface area contributed by atoms with Gasteiger partial charge in [0.15, 0.2) is 0 Å². The van der Waals surface area contributed by atoms with Crippen LogP contribution in [-0.2, 0) is 7.05 Å². The minimum atomic E-state index is -0.211. The second-order valence-electron chi connectivity index (χ2n) is 5.53. The van der Waals surface area contributed by atoms with E-state index in [-0.39, 0.29) is 11.5 Å². The number of aromatic nitrogens is 2. The fourth-order valence-electron chi connectivity index (χ4n) is 2.69. The van der Waals surface area contributed by atoms with E-state index in [0.29, 0.717) is 24.0 Å². The standard InChI is InChI=1S/C17H19N3O2S/c1-19-16(21)8-7-14(18-19)17(22)20-10-9-15(23-12-11-20)13-5-3-2-4-6-13/h2-8,15H,9-12H2,1H3/t15-/m1/s1. The van der Waals surface area contributed by atoms with Gasteiger partial charge in [-0.1, -0.05) is 30.3 Å². The highest BCUT2D eigenvalue weighted by atomic mass is 32.2. The van der Waals surface area contributed by atoms with Crippen LogP contribution in [0.4, 0.5) is 0 Å². The predicted octanol–water partition coefficient (Wildman–Crippen LogP) is 2.10. The molecule has 0 saturated carbocycles. The van der Waals surface area contributed by atoms with Gasteiger partial charge in [0.1, 0.15) is 5.69 Å². The second-order valence-corrected chi connectivity index (χ2v) is 6.84. The summed E-state index contributed by atoms with van der Waals surface area (Å²) >= 11 is 1.89. The largest absolute Gasteiger partial charge is 0.336 e. The number of hydrogen-bond donors (Lipinski definition) is 0. The highest BCUT2D eigenvalue weighted by Crippen LogP contribution is 2.34. The molecule has 1 aliphatic heterocycles. The molecule has 1 fully saturated rings. The van der Waals surface area contributed by atoms with Crippen LogP contribution in [-0.4, -0.2) is 39.4 Å². The van der Waals surface area contributed by atoms with E-state index in [4.69, 9.17) is 0 Å². The third-order valence-corrected chi connectivity index (χ3v) is 5.31. The molecule has 1 aliphatic rings. The molecule has 3 rings (SSSR count). The molecule has 0 radical (unpaired) electrons. The average Bonchev–Trinajstić information content (AvgIpc) is 2.83. The molecule has 1 amide bonds. The van der Waals surface area contributed by atoms with Crippen LogP contribution in [0.3, 0.4) is 0 Å². The van der Waals surface area contributed by atoms with Gasteiger partial charge in [-0.3, -0.25) is 9.59 Å². The summed E-state index contributed by atoms with van der Waals surface area (Å²) < 4.78 is 1.20. The second kappa shape index (κ2) is 7.00. The van der Waals surface area contributed by atoms with Crippen molar-refractivity contribution >= 4 is 17.7 Å². The Labute approximate surface area is 139 Å². The van der Waals surface area contributed by atoms with Crippen molar-refractivity contribution in [1.82, 2.24) is 14.7 Å². The first-order valence-electron chi connectivity index (χ1n) is 7.65. The van der Waals surface area contributed by atoms with Crippen LogP contribution in [0.15, 0.2) is 47.3 Å². The molecule has 1 aromatic carbocycles. The van der Waals surface area contributed by atoms with Crippen LogP contribution in [0, 0.1) is 0 Å². The third-order valence-electron chi connectivity index (χ3n) is 3.98. The van der Waals surface area contributed by atoms with Crippen molar-refractivity contribution in [3.8, 4) is 0 Å². The maximum Gasteiger partial charge on any atom is 0.274 e. The Morgan fingerprint density at radius 2 is 1.96 bits per heavy atom. The highest BCUT2D eigenvalue weighted by molar-refractivity contribution is 7.99. The maximum atomic E-state index is 12.6. The summed E-state index contributed by atoms with van der Waals surface area (Å²) in [5, 5.41) is 4.48. The molecule has 0 N–H and O–H groups in total. The molecule has 23 heavy (non-hydrogen) atoms. The quantitative estimate of drug-likeness (QED) is 0.847. The third kappa shape index (κ3) is 3.64. The summed E-state index contributed by atoms with van der Waals surface area (Å²) in [6.07, 6.45) is 0.923. The van der Waals surface area contributed by atoms with E-state index in [1.165, 1.54) is 22.4 Å². The normalized spacial score (nSPS) is 18.5. The van der Waals surface area contributed by atoms with Gasteiger partial charge in [0.25, 0.3) is 11.5 Å². The zero-order valence-corrected chi connectivity index (χ0v) is 13.8. The molecular formula is C17H19N3O2S. The molecule has 0 bridgehead atoms. The number of carbonyl (C=O) groups excluding carboxylic acids is 1. The van der Waals surface area contributed by atoms with E-state index in [0.717, 1.165) is 12.2 Å². The van der Waals surface area contributed by atoms with Gasteiger partial charge in [0.2, 0.25) is 0 Å². The molecule has 2 heterocycles. The number of hydrogen-bond acceptors (Lipinski definition) is 4. The Balaban J connectivity index is 1.71. The average molecular weight is 329 g/mol. The van der Waals surface area contributed by atoms with Crippen LogP contribution in [0.1, 0.15) is 27.7 Å². The van der Waals surface area contributed by atoms with Crippen molar-refractivity contribution in [2.75, 3.05) is 18.8 Å². The molecule has 5 nitrogen and oxygen atoms in total. The molecule has 0 unspecified atom stereocenters. The zero-order valence-electron chi connectivity index (χ0n) is 13.0. The van der Waals surface area contributed by atoms with Gasteiger partial charge in [-0.2, -0.15) is 16.9 Å². The summed E-state index contributed by atoms with van der Waals surface area (Å²) in [6, 6.07) is 13.3. The molecule has 1 atom stereocenters. The minimum Gasteiger partial charge on any atom is -0.336 e. The van der Waals surface area contributed by atoms with Crippen molar-refractivity contribution in [2.45, 2.75) is 11.7 Å². The number of carbonyl (C=O) groups is 1. The number of benzene rings is 1. The Morgan fingerprint density at radius 1 is 1.17 bits per heavy atom. The van der Waals surface area contributed by atoms with E-state index in [9.17, 15) is 9.59 Å². The number of nitrogens with zero attached hydrogens (tertiary/aromatic N) is 3. The molecular weight excluding hydrogens is 310 g/mol. The molecule has 1 aromatic heterocycles. The van der Waals surface area contributed by atoms with Crippen molar-refractivity contribution in [2.24, 2.45) is 7.05 Å². The lowest BCUT2D eigenvalue weighted by Gasteiger charge is -2.20. The van der Waals surface area contributed by atoms with Gasteiger partial charge in [-0.15, -0.1) is 0 Å². The maximum absolute atomic E-state index is 12.6. The Kier molecular flexibility index (Phi) is 4.81. The first-order valence-corrected chi connectivity index (χ1v) is 8.70. The van der Waals surface area contributed by atoms with Gasteiger partial charge in [-0.05, 0) is 18.1 Å². The van der Waals surface area contributed by atoms with E-state index >= 15 is 0 Å². The monoisotopic (exact) mass is 329 g/mol. The lowest BCUT2D eigenvalue weighted by atomic mass is 10.1. The van der Waals surface area contributed by atoms with Crippen LogP contribution in [0.5, 0.6) is 0 Å². The summed E-state index contributed by atoms with van der Waals surface area (Å²) in [7, 11) is 1.56. The SMILES string of the molecule is Cn1nc(C(=O)N2CCS[C@@H](c3ccccc3)CC2)ccc1=O. The van der Waals surface area contributed by atoms with Gasteiger partial charge in [0, 0.05) is 37.2 Å². The lowest BCUT2D eigenvalue weighted by molar-refractivity contribution is 0.0758. The Bertz CT molecular complexity index is 745. The zero-order chi connectivity index (χ0) is 16.2. The lowest BCUT2D eigenvalue weighted by Crippen LogP contribution is -2.35. The summed E-state index contributed by atoms with van der Waals surface area (Å²) in [6.45, 7) is 1.41. The van der Waals surface area contributed by atoms with Gasteiger partial charge in [0.05, 0.1) is 0 Å². The fourth-order valence-corrected chi connectivity index (χ4v) is 3.92. The number of amides is 1. The number of rotatable bonds is 2. The molecule has 0 spiro atoms. The van der Waals surface area contributed by atoms with Crippen molar-refractivity contribution < 1.29 is 4.79 Å². The molecule has 2 aromatic rings. The Hall–Kier alpha value is -2.08. The van der Waals surface area contributed by atoms with Crippen LogP contribution < -0.4 is 5.56 Å². The number of thioether (sulfide) groups is 1. The summed E-state index contributed by atoms with van der Waals surface area (Å²) in [5.41, 5.74) is 1.43. The van der Waals surface area contributed by atoms with E-state index in [1.807, 2.05) is 22.7 Å². The van der Waals surface area contributed by atoms with E-state index < -0.39 is 0 Å². The van der Waals surface area contributed by atoms with Crippen molar-refractivity contribution in [1.29, 1.82) is 0 Å². The van der Waals surface area contributed by atoms with Gasteiger partial charge >= 0.3 is 0 Å². The molecule has 1 saturated heterocycles. The highest BCUT2D eigenvalue weighted by Gasteiger charge is 2.23. The van der Waals surface area contributed by atoms with Gasteiger partial charge < -0.3 is 4.90 Å². The van der Waals surface area contributed by atoms with E-state index in [1.54, 1.807) is 7.05 Å². The topological polar surface area (TPSA) is 55.2 Å². The molecule has 0 aliphatic carbocycles. The Morgan fingerprint density at radius 3 is 2.70 bits per heavy atom. The smallest absolute Gasteiger partial charge is 0.274 e. The summed E-state index contributed by atoms with van der Waals surface area (Å²) in [4.78, 5) is 25.8. The molecule has 120 valence electrons. The van der Waals surface area contributed by atoms with Crippen LogP contribution in [0.2, 0.25) is 0 Å². The first-order chi connectivity index (χ1) is 11.1. The predicted molar refractivity (Wildman–Crippen MR) is 91.6 cm³/mol. The fraction of sp³-hybridized carbons (Fsp3) is 0.353. The first kappa shape index (κ1) is 15.8. The minimum absolute atomic E-state index is 0.102. The van der Waals surface area contributed by atoms with Crippen LogP contribution in [0.25, 0.3) is 0 Å². The van der Waals surface area contributed by atoms with Crippen molar-refractivity contribution in [3.05, 3.63) is 64.1 Å². The van der Waals surface area contributed by atoms with E-state index in [2.05, 4.69) is 29.4 Å². The van der Waals surface area contributed by atoms with Crippen molar-refractivity contribution in [3.63, 3.8) is 0 Å². The van der Waals surface area contributed by atoms with Crippen LogP contribution >= 0.6 is 11.8 Å². The molecule has 6 heteroatoms. The van der Waals surface area contributed by atoms with Gasteiger partial charge in [-0.25, -0.2) is 4.68 Å². The summed E-state index contributed by atoms with van der Waals surface area (Å²) in [5.74, 6) is 0.798.